The van der Waals surface area contributed by atoms with Gasteiger partial charge in [0.15, 0.2) is 0 Å². The standard InChI is InChI=1S/C12H16BrN3O2S/c1-2-14-11-10(7-9(13)8-15-11)12(17)16-3-5-19(18)6-4-16/h7-8H,2-6H2,1H3,(H,14,15). The van der Waals surface area contributed by atoms with Crippen molar-refractivity contribution in [3.8, 4) is 0 Å². The normalized spacial score (nSPS) is 16.4. The monoisotopic (exact) mass is 345 g/mol. The molecule has 0 atom stereocenters. The van der Waals surface area contributed by atoms with Crippen LogP contribution in [0.15, 0.2) is 16.7 Å². The second-order valence-corrected chi connectivity index (χ2v) is 6.83. The van der Waals surface area contributed by atoms with Crippen molar-refractivity contribution < 1.29 is 9.00 Å². The van der Waals surface area contributed by atoms with Crippen molar-refractivity contribution in [2.75, 3.05) is 36.5 Å². The van der Waals surface area contributed by atoms with Gasteiger partial charge in [0.05, 0.1) is 5.56 Å². The van der Waals surface area contributed by atoms with Gasteiger partial charge in [0, 0.05) is 52.6 Å². The van der Waals surface area contributed by atoms with Crippen LogP contribution in [-0.4, -0.2) is 51.1 Å². The van der Waals surface area contributed by atoms with Crippen LogP contribution in [-0.2, 0) is 10.8 Å². The summed E-state index contributed by atoms with van der Waals surface area (Å²) >= 11 is 3.34. The van der Waals surface area contributed by atoms with E-state index in [9.17, 15) is 9.00 Å². The number of hydrogen-bond donors (Lipinski definition) is 1. The number of halogens is 1. The first kappa shape index (κ1) is 14.5. The number of rotatable bonds is 3. The van der Waals surface area contributed by atoms with Crippen LogP contribution in [0, 0.1) is 0 Å². The fourth-order valence-electron chi connectivity index (χ4n) is 1.92. The second-order valence-electron chi connectivity index (χ2n) is 4.22. The van der Waals surface area contributed by atoms with Gasteiger partial charge in [-0.05, 0) is 28.9 Å². The van der Waals surface area contributed by atoms with Gasteiger partial charge in [-0.15, -0.1) is 0 Å². The third-order valence-corrected chi connectivity index (χ3v) is 4.60. The van der Waals surface area contributed by atoms with Gasteiger partial charge in [0.25, 0.3) is 5.91 Å². The zero-order valence-electron chi connectivity index (χ0n) is 10.7. The Labute approximate surface area is 123 Å². The highest BCUT2D eigenvalue weighted by Gasteiger charge is 2.23. The van der Waals surface area contributed by atoms with Gasteiger partial charge in [-0.1, -0.05) is 0 Å². The Morgan fingerprint density at radius 1 is 1.53 bits per heavy atom. The minimum absolute atomic E-state index is 0.0542. The molecule has 1 saturated heterocycles. The van der Waals surface area contributed by atoms with Crippen molar-refractivity contribution in [2.24, 2.45) is 0 Å². The predicted octanol–water partition coefficient (Wildman–Crippen LogP) is 1.48. The molecule has 0 unspecified atom stereocenters. The zero-order valence-corrected chi connectivity index (χ0v) is 13.1. The summed E-state index contributed by atoms with van der Waals surface area (Å²) in [4.78, 5) is 18.5. The maximum Gasteiger partial charge on any atom is 0.257 e. The van der Waals surface area contributed by atoms with Crippen LogP contribution in [0.4, 0.5) is 5.82 Å². The fourth-order valence-corrected chi connectivity index (χ4v) is 3.31. The highest BCUT2D eigenvalue weighted by molar-refractivity contribution is 9.10. The summed E-state index contributed by atoms with van der Waals surface area (Å²) in [5.74, 6) is 1.66. The highest BCUT2D eigenvalue weighted by atomic mass is 79.9. The van der Waals surface area contributed by atoms with E-state index < -0.39 is 10.8 Å². The molecule has 0 saturated carbocycles. The van der Waals surface area contributed by atoms with Gasteiger partial charge in [0.1, 0.15) is 5.82 Å². The number of hydrogen-bond acceptors (Lipinski definition) is 4. The van der Waals surface area contributed by atoms with Gasteiger partial charge in [0.2, 0.25) is 0 Å². The van der Waals surface area contributed by atoms with E-state index in [-0.39, 0.29) is 5.91 Å². The van der Waals surface area contributed by atoms with Crippen molar-refractivity contribution >= 4 is 38.5 Å². The number of nitrogens with zero attached hydrogens (tertiary/aromatic N) is 2. The Hall–Kier alpha value is -0.950. The quantitative estimate of drug-likeness (QED) is 0.901. The molecule has 0 aliphatic carbocycles. The van der Waals surface area contributed by atoms with Crippen LogP contribution in [0.2, 0.25) is 0 Å². The lowest BCUT2D eigenvalue weighted by atomic mass is 10.2. The number of amides is 1. The molecule has 7 heteroatoms. The third kappa shape index (κ3) is 3.54. The van der Waals surface area contributed by atoms with Crippen molar-refractivity contribution in [3.63, 3.8) is 0 Å². The molecule has 19 heavy (non-hydrogen) atoms. The lowest BCUT2D eigenvalue weighted by molar-refractivity contribution is 0.0772. The Bertz CT molecular complexity index is 500. The Morgan fingerprint density at radius 3 is 2.84 bits per heavy atom. The van der Waals surface area contributed by atoms with E-state index in [4.69, 9.17) is 0 Å². The minimum atomic E-state index is -0.781. The molecule has 0 bridgehead atoms. The fraction of sp³-hybridized carbons (Fsp3) is 0.500. The Morgan fingerprint density at radius 2 is 2.21 bits per heavy atom. The first-order chi connectivity index (χ1) is 9.11. The topological polar surface area (TPSA) is 62.3 Å². The van der Waals surface area contributed by atoms with Crippen LogP contribution in [0.1, 0.15) is 17.3 Å². The van der Waals surface area contributed by atoms with Gasteiger partial charge >= 0.3 is 0 Å². The van der Waals surface area contributed by atoms with Crippen LogP contribution in [0.25, 0.3) is 0 Å². The molecule has 1 amide bonds. The summed E-state index contributed by atoms with van der Waals surface area (Å²) in [6, 6.07) is 1.78. The molecule has 0 aromatic carbocycles. The molecular weight excluding hydrogens is 330 g/mol. The van der Waals surface area contributed by atoms with Gasteiger partial charge in [-0.25, -0.2) is 4.98 Å². The molecule has 1 fully saturated rings. The molecular formula is C12H16BrN3O2S. The van der Waals surface area contributed by atoms with E-state index >= 15 is 0 Å². The predicted molar refractivity (Wildman–Crippen MR) is 79.9 cm³/mol. The summed E-state index contributed by atoms with van der Waals surface area (Å²) in [6.45, 7) is 3.76. The third-order valence-electron chi connectivity index (χ3n) is 2.89. The molecule has 1 aliphatic heterocycles. The van der Waals surface area contributed by atoms with Crippen molar-refractivity contribution in [1.29, 1.82) is 0 Å². The molecule has 0 radical (unpaired) electrons. The molecule has 1 aromatic rings. The van der Waals surface area contributed by atoms with Crippen molar-refractivity contribution in [2.45, 2.75) is 6.92 Å². The minimum Gasteiger partial charge on any atom is -0.370 e. The van der Waals surface area contributed by atoms with Crippen molar-refractivity contribution in [3.05, 3.63) is 22.3 Å². The molecule has 1 N–H and O–H groups in total. The molecule has 2 heterocycles. The lowest BCUT2D eigenvalue weighted by Crippen LogP contribution is -2.42. The number of nitrogens with one attached hydrogen (secondary N) is 1. The number of aromatic nitrogens is 1. The van der Waals surface area contributed by atoms with E-state index in [0.29, 0.717) is 42.5 Å². The van der Waals surface area contributed by atoms with Crippen LogP contribution < -0.4 is 5.32 Å². The molecule has 0 spiro atoms. The summed E-state index contributed by atoms with van der Waals surface area (Å²) in [7, 11) is -0.781. The maximum atomic E-state index is 12.5. The van der Waals surface area contributed by atoms with Gasteiger partial charge in [-0.2, -0.15) is 0 Å². The highest BCUT2D eigenvalue weighted by Crippen LogP contribution is 2.20. The lowest BCUT2D eigenvalue weighted by Gasteiger charge is -2.27. The first-order valence-electron chi connectivity index (χ1n) is 6.15. The Kier molecular flexibility index (Phi) is 4.93. The summed E-state index contributed by atoms with van der Waals surface area (Å²) < 4.78 is 12.1. The number of carbonyl (C=O) groups is 1. The smallest absolute Gasteiger partial charge is 0.257 e. The number of pyridine rings is 1. The Balaban J connectivity index is 2.22. The van der Waals surface area contributed by atoms with Crippen LogP contribution in [0.3, 0.4) is 0 Å². The molecule has 1 aromatic heterocycles. The number of carbonyl (C=O) groups excluding carboxylic acids is 1. The van der Waals surface area contributed by atoms with E-state index in [0.717, 1.165) is 4.47 Å². The average Bonchev–Trinajstić information content (AvgIpc) is 2.41. The number of anilines is 1. The van der Waals surface area contributed by atoms with Gasteiger partial charge < -0.3 is 10.2 Å². The first-order valence-corrected chi connectivity index (χ1v) is 8.43. The van der Waals surface area contributed by atoms with Crippen molar-refractivity contribution in [1.82, 2.24) is 9.88 Å². The average molecular weight is 346 g/mol. The summed E-state index contributed by atoms with van der Waals surface area (Å²) in [5.41, 5.74) is 0.559. The van der Waals surface area contributed by atoms with Gasteiger partial charge in [-0.3, -0.25) is 9.00 Å². The largest absolute Gasteiger partial charge is 0.370 e. The second kappa shape index (κ2) is 6.47. The van der Waals surface area contributed by atoms with Crippen LogP contribution >= 0.6 is 15.9 Å². The van der Waals surface area contributed by atoms with E-state index in [2.05, 4.69) is 26.2 Å². The molecule has 5 nitrogen and oxygen atoms in total. The molecule has 2 rings (SSSR count). The van der Waals surface area contributed by atoms with E-state index in [1.165, 1.54) is 0 Å². The zero-order chi connectivity index (χ0) is 13.8. The van der Waals surface area contributed by atoms with Crippen LogP contribution in [0.5, 0.6) is 0 Å². The SMILES string of the molecule is CCNc1ncc(Br)cc1C(=O)N1CCS(=O)CC1. The summed E-state index contributed by atoms with van der Waals surface area (Å²) in [6.07, 6.45) is 1.67. The maximum absolute atomic E-state index is 12.5. The van der Waals surface area contributed by atoms with E-state index in [1.54, 1.807) is 17.2 Å². The van der Waals surface area contributed by atoms with E-state index in [1.807, 2.05) is 6.92 Å². The molecule has 1 aliphatic rings. The molecule has 104 valence electrons. The summed E-state index contributed by atoms with van der Waals surface area (Å²) in [5, 5.41) is 3.09.